The Morgan fingerprint density at radius 1 is 1.19 bits per heavy atom. The minimum atomic E-state index is -4.25. The Kier molecular flexibility index (Phi) is 3.40. The molecule has 5 nitrogen and oxygen atoms in total. The second-order valence-electron chi connectivity index (χ2n) is 4.59. The number of thiazole rings is 1. The molecule has 0 fully saturated rings. The number of nitrogens with one attached hydrogen (secondary N) is 1. The zero-order valence-electron chi connectivity index (χ0n) is 11.1. The van der Waals surface area contributed by atoms with E-state index in [-0.39, 0.29) is 0 Å². The van der Waals surface area contributed by atoms with E-state index in [0.717, 1.165) is 26.4 Å². The molecule has 0 radical (unpaired) electrons. The maximum atomic E-state index is 10.8. The highest BCUT2D eigenvalue weighted by molar-refractivity contribution is 7.87. The predicted molar refractivity (Wildman–Crippen MR) is 85.0 cm³/mol. The Labute approximate surface area is 126 Å². The summed E-state index contributed by atoms with van der Waals surface area (Å²) in [5.74, 6) is 0. The van der Waals surface area contributed by atoms with Crippen molar-refractivity contribution in [3.8, 4) is 10.6 Å². The Morgan fingerprint density at radius 3 is 2.62 bits per heavy atom. The quantitative estimate of drug-likeness (QED) is 0.724. The highest BCUT2D eigenvalue weighted by Crippen LogP contribution is 2.32. The number of nitrogens with zero attached hydrogens (tertiary/aromatic N) is 1. The summed E-state index contributed by atoms with van der Waals surface area (Å²) in [5.41, 5.74) is 3.08. The minimum Gasteiger partial charge on any atom is -0.269 e. The summed E-state index contributed by atoms with van der Waals surface area (Å²) in [6.45, 7) is 1.87. The third kappa shape index (κ3) is 3.05. The molecule has 0 spiro atoms. The molecule has 7 heteroatoms. The Balaban J connectivity index is 2.02. The molecule has 0 bridgehead atoms. The third-order valence-corrected chi connectivity index (χ3v) is 4.56. The summed E-state index contributed by atoms with van der Waals surface area (Å²) in [7, 11) is -4.25. The lowest BCUT2D eigenvalue weighted by Gasteiger charge is -2.06. The topological polar surface area (TPSA) is 79.3 Å². The average molecular weight is 320 g/mol. The van der Waals surface area contributed by atoms with Gasteiger partial charge in [-0.25, -0.2) is 4.98 Å². The summed E-state index contributed by atoms with van der Waals surface area (Å²) in [6.07, 6.45) is 0. The van der Waals surface area contributed by atoms with Gasteiger partial charge >= 0.3 is 10.3 Å². The standard InChI is InChI=1S/C14H12N2O3S2/c1-9-8-10(16-21(17,18)19)6-7-11(9)14-15-12-4-2-3-5-13(12)20-14/h2-8,16H,1H3,(H,17,18,19). The van der Waals surface area contributed by atoms with Crippen LogP contribution in [0.4, 0.5) is 5.69 Å². The average Bonchev–Trinajstić information content (AvgIpc) is 2.80. The van der Waals surface area contributed by atoms with Crippen molar-refractivity contribution in [2.24, 2.45) is 0 Å². The van der Waals surface area contributed by atoms with Gasteiger partial charge in [-0.3, -0.25) is 9.27 Å². The number of aromatic nitrogens is 1. The third-order valence-electron chi connectivity index (χ3n) is 3.00. The molecule has 2 aromatic carbocycles. The van der Waals surface area contributed by atoms with Crippen molar-refractivity contribution in [2.75, 3.05) is 4.72 Å². The summed E-state index contributed by atoms with van der Waals surface area (Å²) < 4.78 is 33.6. The van der Waals surface area contributed by atoms with Crippen LogP contribution in [0.2, 0.25) is 0 Å². The van der Waals surface area contributed by atoms with Crippen molar-refractivity contribution in [2.45, 2.75) is 6.92 Å². The van der Waals surface area contributed by atoms with Crippen LogP contribution in [0, 0.1) is 6.92 Å². The van der Waals surface area contributed by atoms with Gasteiger partial charge in [0.2, 0.25) is 0 Å². The lowest BCUT2D eigenvalue weighted by Crippen LogP contribution is -2.10. The molecule has 0 unspecified atom stereocenters. The van der Waals surface area contributed by atoms with Crippen LogP contribution in [0.1, 0.15) is 5.56 Å². The van der Waals surface area contributed by atoms with Crippen LogP contribution in [-0.4, -0.2) is 18.0 Å². The fraction of sp³-hybridized carbons (Fsp3) is 0.0714. The number of aryl methyl sites for hydroxylation is 1. The maximum absolute atomic E-state index is 10.8. The first-order valence-corrected chi connectivity index (χ1v) is 8.40. The molecule has 3 aromatic rings. The van der Waals surface area contributed by atoms with Gasteiger partial charge in [-0.05, 0) is 42.8 Å². The zero-order chi connectivity index (χ0) is 15.0. The van der Waals surface area contributed by atoms with Gasteiger partial charge in [-0.15, -0.1) is 11.3 Å². The Bertz CT molecular complexity index is 884. The molecule has 0 atom stereocenters. The van der Waals surface area contributed by atoms with Gasteiger partial charge in [0.05, 0.1) is 15.9 Å². The number of hydrogen-bond donors (Lipinski definition) is 2. The number of anilines is 1. The maximum Gasteiger partial charge on any atom is 0.357 e. The van der Waals surface area contributed by atoms with Gasteiger partial charge in [0, 0.05) is 5.56 Å². The molecular formula is C14H12N2O3S2. The molecule has 3 rings (SSSR count). The van der Waals surface area contributed by atoms with Crippen molar-refractivity contribution in [3.05, 3.63) is 48.0 Å². The number of para-hydroxylation sites is 1. The SMILES string of the molecule is Cc1cc(NS(=O)(=O)O)ccc1-c1nc2ccccc2s1. The van der Waals surface area contributed by atoms with Gasteiger partial charge in [0.15, 0.2) is 0 Å². The first-order valence-electron chi connectivity index (χ1n) is 6.14. The van der Waals surface area contributed by atoms with Crippen molar-refractivity contribution >= 4 is 37.5 Å². The van der Waals surface area contributed by atoms with E-state index < -0.39 is 10.3 Å². The van der Waals surface area contributed by atoms with Crippen molar-refractivity contribution in [1.29, 1.82) is 0 Å². The van der Waals surface area contributed by atoms with E-state index in [9.17, 15) is 8.42 Å². The molecule has 1 aromatic heterocycles. The lowest BCUT2D eigenvalue weighted by molar-refractivity contribution is 0.490. The molecule has 0 aliphatic carbocycles. The Hall–Kier alpha value is -1.96. The molecule has 0 aliphatic heterocycles. The van der Waals surface area contributed by atoms with E-state index >= 15 is 0 Å². The fourth-order valence-electron chi connectivity index (χ4n) is 2.10. The number of fused-ring (bicyclic) bond motifs is 1. The molecule has 0 aliphatic rings. The second kappa shape index (κ2) is 5.10. The smallest absolute Gasteiger partial charge is 0.269 e. The highest BCUT2D eigenvalue weighted by atomic mass is 32.2. The summed E-state index contributed by atoms with van der Waals surface area (Å²) in [5, 5.41) is 0.882. The van der Waals surface area contributed by atoms with E-state index in [4.69, 9.17) is 4.55 Å². The van der Waals surface area contributed by atoms with E-state index in [1.165, 1.54) is 0 Å². The molecule has 108 valence electrons. The normalized spacial score (nSPS) is 11.7. The van der Waals surface area contributed by atoms with Gasteiger partial charge in [-0.1, -0.05) is 12.1 Å². The Morgan fingerprint density at radius 2 is 1.95 bits per heavy atom. The van der Waals surface area contributed by atoms with E-state index in [0.29, 0.717) is 5.69 Å². The summed E-state index contributed by atoms with van der Waals surface area (Å²) >= 11 is 1.58. The lowest BCUT2D eigenvalue weighted by atomic mass is 10.1. The largest absolute Gasteiger partial charge is 0.357 e. The molecular weight excluding hydrogens is 308 g/mol. The fourth-order valence-corrected chi connectivity index (χ4v) is 3.58. The van der Waals surface area contributed by atoms with E-state index in [1.807, 2.05) is 35.9 Å². The van der Waals surface area contributed by atoms with Gasteiger partial charge in [-0.2, -0.15) is 8.42 Å². The minimum absolute atomic E-state index is 0.319. The van der Waals surface area contributed by atoms with Crippen LogP contribution in [-0.2, 0) is 10.3 Å². The molecule has 0 saturated heterocycles. The molecule has 21 heavy (non-hydrogen) atoms. The van der Waals surface area contributed by atoms with Crippen LogP contribution >= 0.6 is 11.3 Å². The monoisotopic (exact) mass is 320 g/mol. The first kappa shape index (κ1) is 14.0. The van der Waals surface area contributed by atoms with Crippen LogP contribution in [0.15, 0.2) is 42.5 Å². The van der Waals surface area contributed by atoms with E-state index in [2.05, 4.69) is 4.98 Å². The molecule has 1 heterocycles. The van der Waals surface area contributed by atoms with Gasteiger partial charge < -0.3 is 0 Å². The molecule has 2 N–H and O–H groups in total. The summed E-state index contributed by atoms with van der Waals surface area (Å²) in [6, 6.07) is 12.9. The van der Waals surface area contributed by atoms with Gasteiger partial charge in [0.1, 0.15) is 5.01 Å². The molecule has 0 saturated carbocycles. The number of benzene rings is 2. The second-order valence-corrected chi connectivity index (χ2v) is 6.78. The van der Waals surface area contributed by atoms with Crippen LogP contribution < -0.4 is 4.72 Å². The van der Waals surface area contributed by atoms with Crippen LogP contribution in [0.3, 0.4) is 0 Å². The number of rotatable bonds is 3. The van der Waals surface area contributed by atoms with Gasteiger partial charge in [0.25, 0.3) is 0 Å². The highest BCUT2D eigenvalue weighted by Gasteiger charge is 2.10. The van der Waals surface area contributed by atoms with Crippen molar-refractivity contribution in [1.82, 2.24) is 4.98 Å². The zero-order valence-corrected chi connectivity index (χ0v) is 12.7. The van der Waals surface area contributed by atoms with Crippen LogP contribution in [0.25, 0.3) is 20.8 Å². The first-order chi connectivity index (χ1) is 9.92. The predicted octanol–water partition coefficient (Wildman–Crippen LogP) is 3.49. The summed E-state index contributed by atoms with van der Waals surface area (Å²) in [4.78, 5) is 4.58. The van der Waals surface area contributed by atoms with Crippen molar-refractivity contribution in [3.63, 3.8) is 0 Å². The van der Waals surface area contributed by atoms with Crippen LogP contribution in [0.5, 0.6) is 0 Å². The van der Waals surface area contributed by atoms with Crippen molar-refractivity contribution < 1.29 is 13.0 Å². The van der Waals surface area contributed by atoms with E-state index in [1.54, 1.807) is 29.5 Å². The molecule has 0 amide bonds. The number of hydrogen-bond acceptors (Lipinski definition) is 4.